The van der Waals surface area contributed by atoms with E-state index in [-0.39, 0.29) is 0 Å². The van der Waals surface area contributed by atoms with Gasteiger partial charge in [0, 0.05) is 7.05 Å². The molecule has 0 aliphatic heterocycles. The van der Waals surface area contributed by atoms with Crippen molar-refractivity contribution >= 4 is 6.21 Å². The van der Waals surface area contributed by atoms with Crippen molar-refractivity contribution in [3.8, 4) is 0 Å². The molecule has 0 amide bonds. The maximum Gasteiger partial charge on any atom is 0.0273 e. The molecule has 0 radical (unpaired) electrons. The van der Waals surface area contributed by atoms with Gasteiger partial charge in [-0.3, -0.25) is 0 Å². The summed E-state index contributed by atoms with van der Waals surface area (Å²) in [5, 5.41) is 0. The zero-order chi connectivity index (χ0) is 11.5. The number of nitrogens with zero attached hydrogens (tertiary/aromatic N) is 1. The Hall–Kier alpha value is -0.590. The normalized spacial score (nSPS) is 14.8. The third kappa shape index (κ3) is 7.35. The standard InChI is InChI=1S/C14H27N/c1-5-7-8-9-10-13(3)14(6-2)11-12-15-4/h10,12,14H,5-9,11H2,1-4H3/b13-10+,15-12-. The molecule has 1 heteroatoms. The molecule has 0 rings (SSSR count). The van der Waals surface area contributed by atoms with E-state index >= 15 is 0 Å². The molecular weight excluding hydrogens is 182 g/mol. The molecule has 0 aromatic carbocycles. The van der Waals surface area contributed by atoms with E-state index in [1.54, 1.807) is 5.57 Å². The number of hydrogen-bond donors (Lipinski definition) is 0. The van der Waals surface area contributed by atoms with E-state index in [1.807, 2.05) is 13.3 Å². The van der Waals surface area contributed by atoms with Crippen LogP contribution in [0.2, 0.25) is 0 Å². The van der Waals surface area contributed by atoms with E-state index in [2.05, 4.69) is 31.8 Å². The van der Waals surface area contributed by atoms with Crippen LogP contribution in [0.1, 0.15) is 59.3 Å². The SMILES string of the molecule is CCCCC/C=C(\C)C(CC)C/C=N\C. The molecule has 0 saturated heterocycles. The van der Waals surface area contributed by atoms with Gasteiger partial charge in [-0.15, -0.1) is 0 Å². The lowest BCUT2D eigenvalue weighted by Gasteiger charge is -2.13. The van der Waals surface area contributed by atoms with Crippen molar-refractivity contribution < 1.29 is 0 Å². The Bertz CT molecular complexity index is 192. The second-order valence-electron chi connectivity index (χ2n) is 4.23. The number of aliphatic imine (C=N–C) groups is 1. The summed E-state index contributed by atoms with van der Waals surface area (Å²) in [6.07, 6.45) is 12.0. The van der Waals surface area contributed by atoms with Crippen LogP contribution < -0.4 is 0 Å². The predicted octanol–water partition coefficient (Wildman–Crippen LogP) is 4.63. The Morgan fingerprint density at radius 2 is 2.00 bits per heavy atom. The van der Waals surface area contributed by atoms with Gasteiger partial charge < -0.3 is 4.99 Å². The minimum Gasteiger partial charge on any atom is -0.301 e. The molecule has 1 atom stereocenters. The average Bonchev–Trinajstić information content (AvgIpc) is 2.25. The summed E-state index contributed by atoms with van der Waals surface area (Å²) < 4.78 is 0. The lowest BCUT2D eigenvalue weighted by atomic mass is 9.93. The summed E-state index contributed by atoms with van der Waals surface area (Å²) in [4.78, 5) is 4.06. The number of unbranched alkanes of at least 4 members (excludes halogenated alkanes) is 3. The van der Waals surface area contributed by atoms with Crippen LogP contribution in [0.25, 0.3) is 0 Å². The Morgan fingerprint density at radius 1 is 1.27 bits per heavy atom. The summed E-state index contributed by atoms with van der Waals surface area (Å²) in [5.41, 5.74) is 1.55. The summed E-state index contributed by atoms with van der Waals surface area (Å²) >= 11 is 0. The van der Waals surface area contributed by atoms with Crippen molar-refractivity contribution in [2.45, 2.75) is 59.3 Å². The van der Waals surface area contributed by atoms with Crippen LogP contribution in [0.3, 0.4) is 0 Å². The fourth-order valence-electron chi connectivity index (χ4n) is 1.80. The van der Waals surface area contributed by atoms with Gasteiger partial charge in [0.1, 0.15) is 0 Å². The molecular formula is C14H27N. The second-order valence-corrected chi connectivity index (χ2v) is 4.23. The van der Waals surface area contributed by atoms with Gasteiger partial charge in [-0.2, -0.15) is 0 Å². The van der Waals surface area contributed by atoms with Crippen LogP contribution in [0.5, 0.6) is 0 Å². The Balaban J connectivity index is 3.94. The van der Waals surface area contributed by atoms with Gasteiger partial charge in [-0.25, -0.2) is 0 Å². The highest BCUT2D eigenvalue weighted by molar-refractivity contribution is 5.57. The summed E-state index contributed by atoms with van der Waals surface area (Å²) in [6.45, 7) is 6.78. The number of hydrogen-bond acceptors (Lipinski definition) is 1. The van der Waals surface area contributed by atoms with Gasteiger partial charge in [-0.1, -0.05) is 38.3 Å². The van der Waals surface area contributed by atoms with E-state index in [0.717, 1.165) is 6.42 Å². The summed E-state index contributed by atoms with van der Waals surface area (Å²) in [5.74, 6) is 0.704. The van der Waals surface area contributed by atoms with Gasteiger partial charge >= 0.3 is 0 Å². The van der Waals surface area contributed by atoms with Crippen LogP contribution in [-0.4, -0.2) is 13.3 Å². The van der Waals surface area contributed by atoms with E-state index < -0.39 is 0 Å². The molecule has 0 fully saturated rings. The first kappa shape index (κ1) is 14.4. The minimum atomic E-state index is 0.704. The molecule has 0 N–H and O–H groups in total. The molecule has 0 aliphatic carbocycles. The highest BCUT2D eigenvalue weighted by atomic mass is 14.6. The molecule has 15 heavy (non-hydrogen) atoms. The molecule has 0 aromatic rings. The third-order valence-corrected chi connectivity index (χ3v) is 2.98. The molecule has 0 bridgehead atoms. The highest BCUT2D eigenvalue weighted by Gasteiger charge is 2.05. The monoisotopic (exact) mass is 209 g/mol. The molecule has 1 nitrogen and oxygen atoms in total. The van der Waals surface area contributed by atoms with Crippen molar-refractivity contribution in [1.29, 1.82) is 0 Å². The lowest BCUT2D eigenvalue weighted by molar-refractivity contribution is 0.613. The predicted molar refractivity (Wildman–Crippen MR) is 70.7 cm³/mol. The van der Waals surface area contributed by atoms with Gasteiger partial charge in [0.05, 0.1) is 0 Å². The minimum absolute atomic E-state index is 0.704. The molecule has 0 spiro atoms. The van der Waals surface area contributed by atoms with Gasteiger partial charge in [-0.05, 0) is 44.7 Å². The maximum atomic E-state index is 4.06. The number of allylic oxidation sites excluding steroid dienone is 2. The third-order valence-electron chi connectivity index (χ3n) is 2.98. The first-order chi connectivity index (χ1) is 7.26. The smallest absolute Gasteiger partial charge is 0.0273 e. The lowest BCUT2D eigenvalue weighted by Crippen LogP contribution is -2.01. The zero-order valence-electron chi connectivity index (χ0n) is 10.9. The molecule has 0 aromatic heterocycles. The molecule has 0 heterocycles. The Morgan fingerprint density at radius 3 is 2.53 bits per heavy atom. The van der Waals surface area contributed by atoms with Crippen molar-refractivity contribution in [3.05, 3.63) is 11.6 Å². The summed E-state index contributed by atoms with van der Waals surface area (Å²) in [7, 11) is 1.85. The van der Waals surface area contributed by atoms with Crippen LogP contribution in [0, 0.1) is 5.92 Å². The summed E-state index contributed by atoms with van der Waals surface area (Å²) in [6, 6.07) is 0. The second kappa shape index (κ2) is 9.95. The topological polar surface area (TPSA) is 12.4 Å². The molecule has 88 valence electrons. The van der Waals surface area contributed by atoms with Crippen molar-refractivity contribution in [2.24, 2.45) is 10.9 Å². The van der Waals surface area contributed by atoms with Crippen molar-refractivity contribution in [2.75, 3.05) is 7.05 Å². The maximum absolute atomic E-state index is 4.06. The molecule has 0 saturated carbocycles. The van der Waals surface area contributed by atoms with Gasteiger partial charge in [0.2, 0.25) is 0 Å². The zero-order valence-corrected chi connectivity index (χ0v) is 10.9. The largest absolute Gasteiger partial charge is 0.301 e. The molecule has 1 unspecified atom stereocenters. The van der Waals surface area contributed by atoms with Crippen molar-refractivity contribution in [3.63, 3.8) is 0 Å². The fraction of sp³-hybridized carbons (Fsp3) is 0.786. The van der Waals surface area contributed by atoms with E-state index in [9.17, 15) is 0 Å². The van der Waals surface area contributed by atoms with Gasteiger partial charge in [0.15, 0.2) is 0 Å². The van der Waals surface area contributed by atoms with Crippen LogP contribution in [0.15, 0.2) is 16.6 Å². The van der Waals surface area contributed by atoms with Gasteiger partial charge in [0.25, 0.3) is 0 Å². The Kier molecular flexibility index (Phi) is 9.55. The van der Waals surface area contributed by atoms with Crippen LogP contribution >= 0.6 is 0 Å². The van der Waals surface area contributed by atoms with Crippen LogP contribution in [-0.2, 0) is 0 Å². The fourth-order valence-corrected chi connectivity index (χ4v) is 1.80. The molecule has 0 aliphatic rings. The van der Waals surface area contributed by atoms with E-state index in [1.165, 1.54) is 32.1 Å². The van der Waals surface area contributed by atoms with E-state index in [0.29, 0.717) is 5.92 Å². The first-order valence-electron chi connectivity index (χ1n) is 6.33. The van der Waals surface area contributed by atoms with E-state index in [4.69, 9.17) is 0 Å². The highest BCUT2D eigenvalue weighted by Crippen LogP contribution is 2.18. The Labute approximate surface area is 95.7 Å². The quantitative estimate of drug-likeness (QED) is 0.314. The van der Waals surface area contributed by atoms with Crippen molar-refractivity contribution in [1.82, 2.24) is 0 Å². The average molecular weight is 209 g/mol. The van der Waals surface area contributed by atoms with Crippen LogP contribution in [0.4, 0.5) is 0 Å². The first-order valence-corrected chi connectivity index (χ1v) is 6.33. The number of rotatable bonds is 8.